The van der Waals surface area contributed by atoms with Crippen molar-refractivity contribution < 1.29 is 9.59 Å². The lowest BCUT2D eigenvalue weighted by molar-refractivity contribution is 0.0827. The smallest absolute Gasteiger partial charge is 0.261 e. The fourth-order valence-electron chi connectivity index (χ4n) is 1.70. The molecule has 2 rings (SSSR count). The lowest BCUT2D eigenvalue weighted by atomic mass is 10.1. The van der Waals surface area contributed by atoms with Crippen molar-refractivity contribution in [2.45, 2.75) is 6.54 Å². The molecule has 4 nitrogen and oxygen atoms in total. The van der Waals surface area contributed by atoms with Gasteiger partial charge in [-0.2, -0.15) is 0 Å². The van der Waals surface area contributed by atoms with E-state index >= 15 is 0 Å². The van der Waals surface area contributed by atoms with E-state index in [9.17, 15) is 9.59 Å². The Morgan fingerprint density at radius 1 is 1.15 bits per heavy atom. The van der Waals surface area contributed by atoms with Gasteiger partial charge in [-0.1, -0.05) is 18.2 Å². The topological polar surface area (TPSA) is 49.4 Å². The van der Waals surface area contributed by atoms with Crippen LogP contribution in [0.15, 0.2) is 41.8 Å². The van der Waals surface area contributed by atoms with Gasteiger partial charge in [0.05, 0.1) is 4.88 Å². The van der Waals surface area contributed by atoms with Gasteiger partial charge in [-0.15, -0.1) is 11.3 Å². The third-order valence-electron chi connectivity index (χ3n) is 2.81. The Hall–Kier alpha value is -2.14. The van der Waals surface area contributed by atoms with Gasteiger partial charge < -0.3 is 10.2 Å². The highest BCUT2D eigenvalue weighted by Crippen LogP contribution is 2.09. The summed E-state index contributed by atoms with van der Waals surface area (Å²) in [6.07, 6.45) is 0. The monoisotopic (exact) mass is 288 g/mol. The molecule has 1 N–H and O–H groups in total. The average Bonchev–Trinajstić information content (AvgIpc) is 2.98. The number of carbonyl (C=O) groups is 2. The largest absolute Gasteiger partial charge is 0.347 e. The molecule has 0 saturated heterocycles. The third kappa shape index (κ3) is 3.45. The molecule has 0 aliphatic carbocycles. The normalized spacial score (nSPS) is 10.1. The summed E-state index contributed by atoms with van der Waals surface area (Å²) < 4.78 is 0. The molecule has 5 heteroatoms. The van der Waals surface area contributed by atoms with Crippen LogP contribution in [0.4, 0.5) is 0 Å². The number of rotatable bonds is 4. The first-order valence-corrected chi connectivity index (χ1v) is 7.08. The van der Waals surface area contributed by atoms with E-state index in [1.807, 2.05) is 23.6 Å². The molecule has 20 heavy (non-hydrogen) atoms. The van der Waals surface area contributed by atoms with Crippen molar-refractivity contribution in [2.24, 2.45) is 0 Å². The fraction of sp³-hybridized carbons (Fsp3) is 0.200. The van der Waals surface area contributed by atoms with Gasteiger partial charge >= 0.3 is 0 Å². The van der Waals surface area contributed by atoms with Crippen LogP contribution in [0.5, 0.6) is 0 Å². The van der Waals surface area contributed by atoms with Gasteiger partial charge in [-0.05, 0) is 29.1 Å². The van der Waals surface area contributed by atoms with Crippen molar-refractivity contribution in [3.8, 4) is 0 Å². The molecule has 0 fully saturated rings. The third-order valence-corrected chi connectivity index (χ3v) is 3.67. The van der Waals surface area contributed by atoms with Gasteiger partial charge in [0.25, 0.3) is 11.8 Å². The Labute approximate surface area is 122 Å². The molecule has 0 aliphatic rings. The summed E-state index contributed by atoms with van der Waals surface area (Å²) in [5.41, 5.74) is 1.61. The molecular weight excluding hydrogens is 272 g/mol. The highest BCUT2D eigenvalue weighted by atomic mass is 32.1. The van der Waals surface area contributed by atoms with Crippen LogP contribution in [0.25, 0.3) is 0 Å². The number of hydrogen-bond donors (Lipinski definition) is 1. The summed E-state index contributed by atoms with van der Waals surface area (Å²) in [6.45, 7) is 0.452. The highest BCUT2D eigenvalue weighted by molar-refractivity contribution is 7.12. The second-order valence-electron chi connectivity index (χ2n) is 4.56. The van der Waals surface area contributed by atoms with Crippen molar-refractivity contribution in [1.82, 2.24) is 10.2 Å². The molecule has 0 atom stereocenters. The van der Waals surface area contributed by atoms with E-state index in [0.717, 1.165) is 5.56 Å². The van der Waals surface area contributed by atoms with E-state index in [2.05, 4.69) is 5.32 Å². The molecule has 2 amide bonds. The molecule has 2 aromatic rings. The highest BCUT2D eigenvalue weighted by Gasteiger charge is 2.08. The maximum Gasteiger partial charge on any atom is 0.261 e. The maximum absolute atomic E-state index is 11.8. The zero-order chi connectivity index (χ0) is 14.5. The van der Waals surface area contributed by atoms with Gasteiger partial charge in [-0.3, -0.25) is 9.59 Å². The molecule has 1 heterocycles. The van der Waals surface area contributed by atoms with E-state index in [1.54, 1.807) is 32.3 Å². The van der Waals surface area contributed by atoms with Gasteiger partial charge in [-0.25, -0.2) is 0 Å². The lowest BCUT2D eigenvalue weighted by Crippen LogP contribution is -2.23. The number of amides is 2. The molecule has 0 spiro atoms. The molecule has 0 unspecified atom stereocenters. The molecule has 104 valence electrons. The van der Waals surface area contributed by atoms with Crippen LogP contribution in [0.1, 0.15) is 25.6 Å². The number of nitrogens with zero attached hydrogens (tertiary/aromatic N) is 1. The van der Waals surface area contributed by atoms with Crippen LogP contribution >= 0.6 is 11.3 Å². The van der Waals surface area contributed by atoms with Crippen molar-refractivity contribution >= 4 is 23.2 Å². The molecular formula is C15H16N2O2S. The van der Waals surface area contributed by atoms with E-state index in [-0.39, 0.29) is 11.8 Å². The molecule has 1 aromatic carbocycles. The molecule has 1 aromatic heterocycles. The van der Waals surface area contributed by atoms with Crippen molar-refractivity contribution in [2.75, 3.05) is 14.1 Å². The zero-order valence-electron chi connectivity index (χ0n) is 11.4. The summed E-state index contributed by atoms with van der Waals surface area (Å²) in [7, 11) is 3.44. The Kier molecular flexibility index (Phi) is 4.53. The van der Waals surface area contributed by atoms with Gasteiger partial charge in [0.15, 0.2) is 0 Å². The fourth-order valence-corrected chi connectivity index (χ4v) is 2.34. The van der Waals surface area contributed by atoms with Gasteiger partial charge in [0, 0.05) is 26.2 Å². The van der Waals surface area contributed by atoms with E-state index in [4.69, 9.17) is 0 Å². The van der Waals surface area contributed by atoms with Gasteiger partial charge in [0.1, 0.15) is 0 Å². The SMILES string of the molecule is CN(C)C(=O)c1ccc(CNC(=O)c2cccs2)cc1. The Morgan fingerprint density at radius 2 is 1.85 bits per heavy atom. The minimum atomic E-state index is -0.0755. The van der Waals surface area contributed by atoms with Crippen LogP contribution in [-0.4, -0.2) is 30.8 Å². The molecule has 0 saturated carbocycles. The van der Waals surface area contributed by atoms with Crippen LogP contribution in [0.2, 0.25) is 0 Å². The minimum Gasteiger partial charge on any atom is -0.347 e. The quantitative estimate of drug-likeness (QED) is 0.939. The number of thiophene rings is 1. The predicted molar refractivity (Wildman–Crippen MR) is 79.9 cm³/mol. The first-order chi connectivity index (χ1) is 9.58. The summed E-state index contributed by atoms with van der Waals surface area (Å²) >= 11 is 1.41. The summed E-state index contributed by atoms with van der Waals surface area (Å²) in [5, 5.41) is 4.72. The summed E-state index contributed by atoms with van der Waals surface area (Å²) in [4.78, 5) is 25.8. The minimum absolute atomic E-state index is 0.0285. The van der Waals surface area contributed by atoms with Gasteiger partial charge in [0.2, 0.25) is 0 Å². The first kappa shape index (κ1) is 14.3. The van der Waals surface area contributed by atoms with Crippen molar-refractivity contribution in [3.63, 3.8) is 0 Å². The van der Waals surface area contributed by atoms with Crippen LogP contribution in [0.3, 0.4) is 0 Å². The number of carbonyl (C=O) groups excluding carboxylic acids is 2. The first-order valence-electron chi connectivity index (χ1n) is 6.20. The maximum atomic E-state index is 11.8. The molecule has 0 aliphatic heterocycles. The van der Waals surface area contributed by atoms with Crippen LogP contribution in [-0.2, 0) is 6.54 Å². The lowest BCUT2D eigenvalue weighted by Gasteiger charge is -2.10. The number of hydrogen-bond acceptors (Lipinski definition) is 3. The second kappa shape index (κ2) is 6.34. The summed E-state index contributed by atoms with van der Waals surface area (Å²) in [6, 6.07) is 10.9. The van der Waals surface area contributed by atoms with Crippen molar-refractivity contribution in [1.29, 1.82) is 0 Å². The van der Waals surface area contributed by atoms with Crippen molar-refractivity contribution in [3.05, 3.63) is 57.8 Å². The number of benzene rings is 1. The molecule has 0 bridgehead atoms. The predicted octanol–water partition coefficient (Wildman–Crippen LogP) is 2.38. The standard InChI is InChI=1S/C15H16N2O2S/c1-17(2)15(19)12-7-5-11(6-8-12)10-16-14(18)13-4-3-9-20-13/h3-9H,10H2,1-2H3,(H,16,18). The Bertz CT molecular complexity index is 589. The molecule has 0 radical (unpaired) electrons. The zero-order valence-corrected chi connectivity index (χ0v) is 12.2. The summed E-state index contributed by atoms with van der Waals surface area (Å²) in [5.74, 6) is -0.104. The Balaban J connectivity index is 1.94. The van der Waals surface area contributed by atoms with E-state index in [1.165, 1.54) is 16.2 Å². The van der Waals surface area contributed by atoms with Crippen LogP contribution < -0.4 is 5.32 Å². The van der Waals surface area contributed by atoms with E-state index < -0.39 is 0 Å². The van der Waals surface area contributed by atoms with E-state index in [0.29, 0.717) is 17.0 Å². The second-order valence-corrected chi connectivity index (χ2v) is 5.50. The van der Waals surface area contributed by atoms with Crippen LogP contribution in [0, 0.1) is 0 Å². The average molecular weight is 288 g/mol. The number of nitrogens with one attached hydrogen (secondary N) is 1. The Morgan fingerprint density at radius 3 is 2.40 bits per heavy atom.